The lowest BCUT2D eigenvalue weighted by Crippen LogP contribution is -2.31. The van der Waals surface area contributed by atoms with E-state index >= 15 is 0 Å². The van der Waals surface area contributed by atoms with Crippen LogP contribution in [0.3, 0.4) is 0 Å². The maximum atomic E-state index is 13.5. The van der Waals surface area contributed by atoms with Gasteiger partial charge in [-0.15, -0.1) is 5.10 Å². The van der Waals surface area contributed by atoms with Gasteiger partial charge in [0.05, 0.1) is 34.9 Å². The van der Waals surface area contributed by atoms with Crippen LogP contribution in [0.5, 0.6) is 0 Å². The number of anilines is 3. The fourth-order valence-electron chi connectivity index (χ4n) is 3.95. The summed E-state index contributed by atoms with van der Waals surface area (Å²) in [6.07, 6.45) is -6.16. The van der Waals surface area contributed by atoms with E-state index in [0.29, 0.717) is 16.0 Å². The van der Waals surface area contributed by atoms with Crippen molar-refractivity contribution in [3.8, 4) is 18.2 Å². The smallest absolute Gasteiger partial charge is 0.416 e. The van der Waals surface area contributed by atoms with E-state index in [1.165, 1.54) is 40.8 Å². The van der Waals surface area contributed by atoms with Crippen LogP contribution in [0.2, 0.25) is 0 Å². The van der Waals surface area contributed by atoms with Crippen LogP contribution in [-0.2, 0) is 6.18 Å². The van der Waals surface area contributed by atoms with Crippen molar-refractivity contribution in [2.24, 2.45) is 0 Å². The Bertz CT molecular complexity index is 1540. The molecule has 0 saturated carbocycles. The summed E-state index contributed by atoms with van der Waals surface area (Å²) in [5.74, 6) is -0.462. The maximum absolute atomic E-state index is 13.5. The fraction of sp³-hybridized carbons (Fsp3) is 0.167. The number of halogens is 3. The summed E-state index contributed by atoms with van der Waals surface area (Å²) >= 11 is 0. The number of carboxylic acid groups (broad SMARTS) is 1. The van der Waals surface area contributed by atoms with Crippen molar-refractivity contribution in [2.75, 3.05) is 16.3 Å². The highest BCUT2D eigenvalue weighted by Crippen LogP contribution is 2.43. The number of allylic oxidation sites excluding steroid dienone is 2. The molecule has 1 aliphatic heterocycles. The van der Waals surface area contributed by atoms with Crippen LogP contribution in [0.1, 0.15) is 29.7 Å². The van der Waals surface area contributed by atoms with Crippen LogP contribution in [0, 0.1) is 34.0 Å². The third-order valence-electron chi connectivity index (χ3n) is 5.65. The van der Waals surface area contributed by atoms with Gasteiger partial charge >= 0.3 is 12.3 Å². The molecule has 0 bridgehead atoms. The number of aromatic nitrogens is 3. The number of alkyl halides is 3. The predicted molar refractivity (Wildman–Crippen MR) is 122 cm³/mol. The first-order valence-electron chi connectivity index (χ1n) is 10.5. The van der Waals surface area contributed by atoms with Crippen LogP contribution < -0.4 is 9.80 Å². The number of rotatable bonds is 4. The minimum atomic E-state index is -4.64. The highest BCUT2D eigenvalue weighted by molar-refractivity contribution is 5.84. The zero-order valence-corrected chi connectivity index (χ0v) is 19.0. The van der Waals surface area contributed by atoms with Crippen LogP contribution in [0.25, 0.3) is 0 Å². The highest BCUT2D eigenvalue weighted by Gasteiger charge is 2.38. The second-order valence-corrected chi connectivity index (χ2v) is 7.81. The van der Waals surface area contributed by atoms with Gasteiger partial charge in [-0.05, 0) is 42.8 Å². The predicted octanol–water partition coefficient (Wildman–Crippen LogP) is 4.72. The summed E-state index contributed by atoms with van der Waals surface area (Å²) in [7, 11) is 0. The van der Waals surface area contributed by atoms with Crippen molar-refractivity contribution in [1.29, 1.82) is 15.8 Å². The number of nitrogens with zero attached hydrogens (tertiary/aromatic N) is 8. The molecule has 0 unspecified atom stereocenters. The Morgan fingerprint density at radius 1 is 1.14 bits per heavy atom. The molecule has 1 atom stereocenters. The molecule has 0 radical (unpaired) electrons. The van der Waals surface area contributed by atoms with E-state index in [1.807, 2.05) is 6.07 Å². The van der Waals surface area contributed by atoms with Gasteiger partial charge in [0.25, 0.3) is 5.95 Å². The molecular weight excluding hydrogens is 489 g/mol. The van der Waals surface area contributed by atoms with Gasteiger partial charge in [-0.1, -0.05) is 18.2 Å². The lowest BCUT2D eigenvalue weighted by molar-refractivity contribution is -0.137. The van der Waals surface area contributed by atoms with Crippen LogP contribution >= 0.6 is 0 Å². The van der Waals surface area contributed by atoms with Gasteiger partial charge in [0.15, 0.2) is 0 Å². The topological polar surface area (TPSA) is 146 Å². The SMILES string of the molecule is CC1=C(C#N)[C@@H](c2ccc(C#N)cc2)n2nc(N(CC#N)C(=O)O)nc2N1c1cccc(C(F)(F)F)c1. The molecule has 0 saturated heterocycles. The number of hydrogen-bond donors (Lipinski definition) is 1. The lowest BCUT2D eigenvalue weighted by Gasteiger charge is -2.34. The number of hydrogen-bond acceptors (Lipinski definition) is 7. The molecule has 1 N–H and O–H groups in total. The maximum Gasteiger partial charge on any atom is 0.416 e. The van der Waals surface area contributed by atoms with Crippen molar-refractivity contribution < 1.29 is 23.1 Å². The van der Waals surface area contributed by atoms with Gasteiger partial charge in [-0.2, -0.15) is 33.9 Å². The van der Waals surface area contributed by atoms with Crippen molar-refractivity contribution in [3.05, 3.63) is 76.5 Å². The quantitative estimate of drug-likeness (QED) is 0.503. The second kappa shape index (κ2) is 9.36. The Morgan fingerprint density at radius 2 is 1.84 bits per heavy atom. The second-order valence-electron chi connectivity index (χ2n) is 7.81. The molecule has 3 aromatic rings. The molecule has 2 aromatic carbocycles. The molecule has 10 nitrogen and oxygen atoms in total. The van der Waals surface area contributed by atoms with Crippen molar-refractivity contribution >= 4 is 23.7 Å². The summed E-state index contributed by atoms with van der Waals surface area (Å²) in [6, 6.07) is 15.4. The van der Waals surface area contributed by atoms with Gasteiger partial charge in [0.2, 0.25) is 5.95 Å². The first kappa shape index (κ1) is 24.8. The largest absolute Gasteiger partial charge is 0.465 e. The third-order valence-corrected chi connectivity index (χ3v) is 5.65. The van der Waals surface area contributed by atoms with Gasteiger partial charge in [0, 0.05) is 11.4 Å². The minimum Gasteiger partial charge on any atom is -0.465 e. The summed E-state index contributed by atoms with van der Waals surface area (Å²) in [5, 5.41) is 42.1. The average molecular weight is 504 g/mol. The number of amides is 1. The zero-order chi connectivity index (χ0) is 26.9. The molecule has 0 aliphatic carbocycles. The highest BCUT2D eigenvalue weighted by atomic mass is 19.4. The van der Waals surface area contributed by atoms with Crippen LogP contribution in [-0.4, -0.2) is 32.5 Å². The van der Waals surface area contributed by atoms with E-state index in [-0.39, 0.29) is 22.9 Å². The van der Waals surface area contributed by atoms with Crippen molar-refractivity contribution in [1.82, 2.24) is 14.8 Å². The Morgan fingerprint density at radius 3 is 2.41 bits per heavy atom. The lowest BCUT2D eigenvalue weighted by atomic mass is 9.95. The number of benzene rings is 2. The van der Waals surface area contributed by atoms with Crippen molar-refractivity contribution in [3.63, 3.8) is 0 Å². The third kappa shape index (κ3) is 4.40. The Hall–Kier alpha value is -5.35. The first-order chi connectivity index (χ1) is 17.6. The molecule has 184 valence electrons. The number of carbonyl (C=O) groups is 1. The van der Waals surface area contributed by atoms with E-state index in [9.17, 15) is 28.3 Å². The molecular formula is C24H15F3N8O2. The van der Waals surface area contributed by atoms with Gasteiger partial charge in [-0.3, -0.25) is 4.90 Å². The molecule has 1 aliphatic rings. The molecule has 37 heavy (non-hydrogen) atoms. The minimum absolute atomic E-state index is 0.0145. The summed E-state index contributed by atoms with van der Waals surface area (Å²) in [5.41, 5.74) is 0.278. The summed E-state index contributed by atoms with van der Waals surface area (Å²) in [4.78, 5) is 17.9. The Balaban J connectivity index is 1.99. The molecule has 13 heteroatoms. The molecule has 2 heterocycles. The van der Waals surface area contributed by atoms with E-state index in [4.69, 9.17) is 10.5 Å². The standard InChI is InChI=1S/C24H15F3N8O2/c1-14-19(13-30)20(16-7-5-15(12-29)6-8-16)35-22(31-21(32-35)33(10-9-28)23(36)37)34(14)18-4-2-3-17(11-18)24(25,26)27/h2-8,11,20H,10H2,1H3,(H,36,37)/t20-/m1/s1. The molecule has 1 aromatic heterocycles. The van der Waals surface area contributed by atoms with E-state index in [1.54, 1.807) is 18.2 Å². The van der Waals surface area contributed by atoms with Crippen molar-refractivity contribution in [2.45, 2.75) is 19.1 Å². The molecule has 0 spiro atoms. The first-order valence-corrected chi connectivity index (χ1v) is 10.5. The average Bonchev–Trinajstić information content (AvgIpc) is 3.29. The summed E-state index contributed by atoms with van der Waals surface area (Å²) < 4.78 is 41.6. The summed E-state index contributed by atoms with van der Waals surface area (Å²) in [6.45, 7) is 0.916. The molecule has 0 fully saturated rings. The van der Waals surface area contributed by atoms with Crippen LogP contribution in [0.4, 0.5) is 35.5 Å². The van der Waals surface area contributed by atoms with Gasteiger partial charge in [-0.25, -0.2) is 14.4 Å². The van der Waals surface area contributed by atoms with E-state index < -0.39 is 36.4 Å². The fourth-order valence-corrected chi connectivity index (χ4v) is 3.95. The monoisotopic (exact) mass is 504 g/mol. The number of nitriles is 3. The normalized spacial score (nSPS) is 14.8. The van der Waals surface area contributed by atoms with Crippen LogP contribution in [0.15, 0.2) is 59.8 Å². The van der Waals surface area contributed by atoms with E-state index in [0.717, 1.165) is 12.1 Å². The van der Waals surface area contributed by atoms with Gasteiger partial charge < -0.3 is 5.11 Å². The Labute approximate surface area is 207 Å². The number of fused-ring (bicyclic) bond motifs is 1. The molecule has 4 rings (SSSR count). The zero-order valence-electron chi connectivity index (χ0n) is 19.0. The van der Waals surface area contributed by atoms with E-state index in [2.05, 4.69) is 16.2 Å². The van der Waals surface area contributed by atoms with Gasteiger partial charge in [0.1, 0.15) is 12.6 Å². The molecule has 1 amide bonds. The Kier molecular flexibility index (Phi) is 6.27.